The van der Waals surface area contributed by atoms with Crippen molar-refractivity contribution in [3.63, 3.8) is 0 Å². The Balaban J connectivity index is 1.30. The lowest BCUT2D eigenvalue weighted by Crippen LogP contribution is -2.56. The second-order valence-corrected chi connectivity index (χ2v) is 10.8. The molecule has 0 aromatic heterocycles. The molecule has 5 rings (SSSR count). The van der Waals surface area contributed by atoms with Crippen LogP contribution in [0.3, 0.4) is 0 Å². The summed E-state index contributed by atoms with van der Waals surface area (Å²) in [7, 11) is 0. The van der Waals surface area contributed by atoms with Gasteiger partial charge in [-0.15, -0.1) is 23.2 Å². The van der Waals surface area contributed by atoms with Crippen LogP contribution >= 0.6 is 23.2 Å². The van der Waals surface area contributed by atoms with Gasteiger partial charge in [-0.05, 0) is 75.5 Å². The molecule has 4 bridgehead atoms. The standard InChI is InChI=1S/C19H27Cl2NO3/c1-11(18-6-12-3-13(7-18)5-14(4-12)8-18)22-15(23)9-25-16(24)17(2)10-19(17,20)21/h11-14H,3-10H2,1-2H3,(H,22,23)/t11-,12?,13?,14?,17-,18?/m0/s1. The zero-order valence-corrected chi connectivity index (χ0v) is 16.5. The van der Waals surface area contributed by atoms with Gasteiger partial charge in [-0.1, -0.05) is 0 Å². The number of halogens is 2. The average Bonchev–Trinajstić information content (AvgIpc) is 3.03. The van der Waals surface area contributed by atoms with Crippen LogP contribution in [0.5, 0.6) is 0 Å². The van der Waals surface area contributed by atoms with Crippen molar-refractivity contribution in [2.75, 3.05) is 6.61 Å². The monoisotopic (exact) mass is 387 g/mol. The number of esters is 1. The molecule has 0 aromatic rings. The van der Waals surface area contributed by atoms with Crippen molar-refractivity contribution < 1.29 is 14.3 Å². The maximum absolute atomic E-state index is 12.3. The molecule has 5 fully saturated rings. The van der Waals surface area contributed by atoms with Crippen LogP contribution in [0.25, 0.3) is 0 Å². The van der Waals surface area contributed by atoms with E-state index < -0.39 is 15.7 Å². The summed E-state index contributed by atoms with van der Waals surface area (Å²) in [6.07, 6.45) is 8.23. The highest BCUT2D eigenvalue weighted by Gasteiger charge is 2.69. The normalized spacial score (nSPS) is 44.2. The summed E-state index contributed by atoms with van der Waals surface area (Å²) < 4.78 is 4.10. The van der Waals surface area contributed by atoms with Gasteiger partial charge in [0.2, 0.25) is 0 Å². The number of ether oxygens (including phenoxy) is 1. The number of hydrogen-bond acceptors (Lipinski definition) is 3. The van der Waals surface area contributed by atoms with Gasteiger partial charge in [0.25, 0.3) is 5.91 Å². The molecule has 25 heavy (non-hydrogen) atoms. The molecule has 5 aliphatic rings. The van der Waals surface area contributed by atoms with E-state index in [1.54, 1.807) is 6.92 Å². The van der Waals surface area contributed by atoms with E-state index in [9.17, 15) is 9.59 Å². The molecule has 0 aliphatic heterocycles. The highest BCUT2D eigenvalue weighted by atomic mass is 35.5. The zero-order chi connectivity index (χ0) is 18.0. The summed E-state index contributed by atoms with van der Waals surface area (Å²) in [6, 6.07) is 0.128. The van der Waals surface area contributed by atoms with Gasteiger partial charge < -0.3 is 10.1 Å². The van der Waals surface area contributed by atoms with E-state index in [1.165, 1.54) is 38.5 Å². The minimum atomic E-state index is -1.06. The van der Waals surface area contributed by atoms with E-state index in [4.69, 9.17) is 27.9 Å². The maximum atomic E-state index is 12.3. The molecule has 140 valence electrons. The molecule has 0 heterocycles. The third kappa shape index (κ3) is 2.97. The third-order valence-electron chi connectivity index (χ3n) is 7.42. The number of hydrogen-bond donors (Lipinski definition) is 1. The van der Waals surface area contributed by atoms with Crippen molar-refractivity contribution in [2.24, 2.45) is 28.6 Å². The van der Waals surface area contributed by atoms with Crippen LogP contribution in [0.15, 0.2) is 0 Å². The quantitative estimate of drug-likeness (QED) is 0.575. The molecule has 6 heteroatoms. The van der Waals surface area contributed by atoms with E-state index >= 15 is 0 Å². The van der Waals surface area contributed by atoms with Gasteiger partial charge in [0.05, 0.1) is 0 Å². The Bertz CT molecular complexity index is 570. The first-order valence-electron chi connectivity index (χ1n) is 9.48. The van der Waals surface area contributed by atoms with Gasteiger partial charge >= 0.3 is 5.97 Å². The van der Waals surface area contributed by atoms with Crippen molar-refractivity contribution in [1.29, 1.82) is 0 Å². The fourth-order valence-electron chi connectivity index (χ4n) is 6.06. The van der Waals surface area contributed by atoms with Crippen LogP contribution in [0, 0.1) is 28.6 Å². The van der Waals surface area contributed by atoms with Gasteiger partial charge in [-0.25, -0.2) is 0 Å². The Morgan fingerprint density at radius 2 is 1.60 bits per heavy atom. The topological polar surface area (TPSA) is 55.4 Å². The Kier molecular flexibility index (Phi) is 4.12. The lowest BCUT2D eigenvalue weighted by atomic mass is 9.48. The minimum Gasteiger partial charge on any atom is -0.455 e. The summed E-state index contributed by atoms with van der Waals surface area (Å²) in [5.41, 5.74) is -0.639. The van der Waals surface area contributed by atoms with Crippen LogP contribution in [-0.2, 0) is 14.3 Å². The van der Waals surface area contributed by atoms with E-state index in [2.05, 4.69) is 12.2 Å². The van der Waals surface area contributed by atoms with Crippen LogP contribution in [0.4, 0.5) is 0 Å². The summed E-state index contributed by atoms with van der Waals surface area (Å²) >= 11 is 12.0. The molecule has 1 N–H and O–H groups in total. The van der Waals surface area contributed by atoms with Crippen molar-refractivity contribution in [3.05, 3.63) is 0 Å². The lowest BCUT2D eigenvalue weighted by Gasteiger charge is -2.59. The molecular weight excluding hydrogens is 361 g/mol. The fraction of sp³-hybridized carbons (Fsp3) is 0.895. The number of carbonyl (C=O) groups is 2. The van der Waals surface area contributed by atoms with Crippen LogP contribution in [0.2, 0.25) is 0 Å². The second kappa shape index (κ2) is 5.76. The highest BCUT2D eigenvalue weighted by Crippen LogP contribution is 2.64. The van der Waals surface area contributed by atoms with E-state index in [0.29, 0.717) is 6.42 Å². The Labute approximate surface area is 159 Å². The summed E-state index contributed by atoms with van der Waals surface area (Å²) in [5, 5.41) is 3.10. The smallest absolute Gasteiger partial charge is 0.315 e. The Hall–Kier alpha value is -0.480. The van der Waals surface area contributed by atoms with E-state index in [1.807, 2.05) is 0 Å². The summed E-state index contributed by atoms with van der Waals surface area (Å²) in [6.45, 7) is 3.54. The SMILES string of the molecule is C[C@H](NC(=O)COC(=O)[C@]1(C)CC1(Cl)Cl)C12CC3CC(CC(C3)C1)C2. The largest absolute Gasteiger partial charge is 0.455 e. The van der Waals surface area contributed by atoms with Gasteiger partial charge in [-0.2, -0.15) is 0 Å². The molecule has 0 saturated heterocycles. The third-order valence-corrected chi connectivity index (χ3v) is 8.53. The van der Waals surface area contributed by atoms with Crippen molar-refractivity contribution in [3.8, 4) is 0 Å². The average molecular weight is 388 g/mol. The Morgan fingerprint density at radius 1 is 1.12 bits per heavy atom. The van der Waals surface area contributed by atoms with Crippen molar-refractivity contribution in [2.45, 2.75) is 69.2 Å². The fourth-order valence-corrected chi connectivity index (χ4v) is 6.74. The van der Waals surface area contributed by atoms with Crippen molar-refractivity contribution in [1.82, 2.24) is 5.32 Å². The highest BCUT2D eigenvalue weighted by molar-refractivity contribution is 6.53. The molecule has 4 nitrogen and oxygen atoms in total. The second-order valence-electron chi connectivity index (χ2n) is 9.36. The first-order chi connectivity index (χ1) is 11.6. The Morgan fingerprint density at radius 3 is 2.04 bits per heavy atom. The molecule has 0 spiro atoms. The number of alkyl halides is 2. The predicted octanol–water partition coefficient (Wildman–Crippen LogP) is 3.83. The molecular formula is C19H27Cl2NO3. The number of rotatable bonds is 5. The van der Waals surface area contributed by atoms with E-state index in [0.717, 1.165) is 17.8 Å². The molecule has 2 atom stereocenters. The lowest BCUT2D eigenvalue weighted by molar-refractivity contribution is -0.154. The molecule has 5 aliphatic carbocycles. The van der Waals surface area contributed by atoms with Gasteiger partial charge in [0, 0.05) is 12.5 Å². The predicted molar refractivity (Wildman–Crippen MR) is 96.3 cm³/mol. The van der Waals surface area contributed by atoms with Gasteiger partial charge in [-0.3, -0.25) is 9.59 Å². The van der Waals surface area contributed by atoms with Gasteiger partial charge in [0.1, 0.15) is 9.75 Å². The summed E-state index contributed by atoms with van der Waals surface area (Å²) in [5.74, 6) is 1.82. The first-order valence-corrected chi connectivity index (χ1v) is 10.2. The first kappa shape index (κ1) is 17.9. The molecule has 1 amide bonds. The van der Waals surface area contributed by atoms with Gasteiger partial charge in [0.15, 0.2) is 6.61 Å². The number of nitrogens with one attached hydrogen (secondary N) is 1. The molecule has 0 radical (unpaired) electrons. The van der Waals surface area contributed by atoms with Crippen LogP contribution in [-0.4, -0.2) is 28.9 Å². The summed E-state index contributed by atoms with van der Waals surface area (Å²) in [4.78, 5) is 24.4. The number of amides is 1. The molecule has 0 aromatic carbocycles. The van der Waals surface area contributed by atoms with Crippen LogP contribution in [0.1, 0.15) is 58.8 Å². The van der Waals surface area contributed by atoms with Crippen LogP contribution < -0.4 is 5.32 Å². The zero-order valence-electron chi connectivity index (χ0n) is 14.9. The molecule has 0 unspecified atom stereocenters. The van der Waals surface area contributed by atoms with Crippen molar-refractivity contribution >= 4 is 35.1 Å². The minimum absolute atomic E-state index is 0.128. The number of carbonyl (C=O) groups excluding carboxylic acids is 2. The molecule has 5 saturated carbocycles. The van der Waals surface area contributed by atoms with E-state index in [-0.39, 0.29) is 24.0 Å². The maximum Gasteiger partial charge on any atom is 0.315 e.